The fourth-order valence-corrected chi connectivity index (χ4v) is 2.79. The number of thiol groups is 1. The summed E-state index contributed by atoms with van der Waals surface area (Å²) in [6.45, 7) is 4.00. The summed E-state index contributed by atoms with van der Waals surface area (Å²) in [5.41, 5.74) is 3.61. The number of nitrogens with one attached hydrogen (secondary N) is 1. The molecule has 0 aromatic heterocycles. The van der Waals surface area contributed by atoms with E-state index < -0.39 is 0 Å². The van der Waals surface area contributed by atoms with Gasteiger partial charge in [0.15, 0.2) is 0 Å². The number of hydrogen-bond acceptors (Lipinski definition) is 2. The Morgan fingerprint density at radius 2 is 1.79 bits per heavy atom. The van der Waals surface area contributed by atoms with Crippen LogP contribution in [0.4, 0.5) is 5.69 Å². The van der Waals surface area contributed by atoms with Crippen LogP contribution in [0.25, 0.3) is 0 Å². The van der Waals surface area contributed by atoms with Gasteiger partial charge < -0.3 is 5.32 Å². The summed E-state index contributed by atoms with van der Waals surface area (Å²) in [4.78, 5) is 13.0. The molecule has 2 nitrogen and oxygen atoms in total. The molecule has 1 N–H and O–H groups in total. The Balaban J connectivity index is 2.26. The van der Waals surface area contributed by atoms with E-state index in [0.29, 0.717) is 5.56 Å². The van der Waals surface area contributed by atoms with E-state index in [9.17, 15) is 4.79 Å². The Morgan fingerprint density at radius 3 is 2.37 bits per heavy atom. The maximum Gasteiger partial charge on any atom is 0.255 e. The van der Waals surface area contributed by atoms with E-state index in [-0.39, 0.29) is 5.91 Å². The zero-order chi connectivity index (χ0) is 14.0. The topological polar surface area (TPSA) is 29.1 Å². The highest BCUT2D eigenvalue weighted by atomic mass is 79.9. The molecular formula is C15H14BrNOS. The fourth-order valence-electron chi connectivity index (χ4n) is 1.87. The van der Waals surface area contributed by atoms with E-state index in [1.54, 1.807) is 24.3 Å². The van der Waals surface area contributed by atoms with Gasteiger partial charge in [-0.2, -0.15) is 0 Å². The minimum atomic E-state index is -0.124. The molecule has 0 bridgehead atoms. The number of carbonyl (C=O) groups is 1. The first kappa shape index (κ1) is 14.2. The maximum atomic E-state index is 12.2. The molecule has 0 saturated heterocycles. The van der Waals surface area contributed by atoms with E-state index in [4.69, 9.17) is 0 Å². The zero-order valence-corrected chi connectivity index (χ0v) is 13.2. The van der Waals surface area contributed by atoms with Crippen LogP contribution in [0, 0.1) is 13.8 Å². The molecule has 0 aliphatic heterocycles. The summed E-state index contributed by atoms with van der Waals surface area (Å²) in [6, 6.07) is 11.1. The average Bonchev–Trinajstić information content (AvgIpc) is 2.34. The summed E-state index contributed by atoms with van der Waals surface area (Å²) < 4.78 is 0.893. The van der Waals surface area contributed by atoms with E-state index in [2.05, 4.69) is 33.9 Å². The Kier molecular flexibility index (Phi) is 4.32. The fraction of sp³-hybridized carbons (Fsp3) is 0.133. The molecule has 98 valence electrons. The molecule has 0 unspecified atom stereocenters. The minimum Gasteiger partial charge on any atom is -0.321 e. The second-order valence-corrected chi connectivity index (χ2v) is 5.81. The van der Waals surface area contributed by atoms with Crippen LogP contribution in [-0.2, 0) is 0 Å². The smallest absolute Gasteiger partial charge is 0.255 e. The first-order chi connectivity index (χ1) is 8.97. The maximum absolute atomic E-state index is 12.2. The number of benzene rings is 2. The molecule has 0 spiro atoms. The predicted octanol–water partition coefficient (Wildman–Crippen LogP) is 4.61. The summed E-state index contributed by atoms with van der Waals surface area (Å²) in [5, 5.41) is 2.93. The molecule has 2 rings (SSSR count). The predicted molar refractivity (Wildman–Crippen MR) is 85.3 cm³/mol. The van der Waals surface area contributed by atoms with Crippen molar-refractivity contribution in [2.75, 3.05) is 5.32 Å². The quantitative estimate of drug-likeness (QED) is 0.771. The largest absolute Gasteiger partial charge is 0.321 e. The van der Waals surface area contributed by atoms with Crippen molar-refractivity contribution in [2.45, 2.75) is 18.7 Å². The van der Waals surface area contributed by atoms with Crippen molar-refractivity contribution >= 4 is 40.2 Å². The van der Waals surface area contributed by atoms with Gasteiger partial charge in [0.25, 0.3) is 5.91 Å². The monoisotopic (exact) mass is 335 g/mol. The van der Waals surface area contributed by atoms with Crippen LogP contribution >= 0.6 is 28.6 Å². The molecule has 4 heteroatoms. The van der Waals surface area contributed by atoms with Crippen molar-refractivity contribution < 1.29 is 4.79 Å². The van der Waals surface area contributed by atoms with Gasteiger partial charge in [0, 0.05) is 14.9 Å². The third-order valence-corrected chi connectivity index (χ3v) is 3.72. The lowest BCUT2D eigenvalue weighted by atomic mass is 10.1. The SMILES string of the molecule is Cc1cc(C)c(NC(=O)c2ccc(S)cc2)c(Br)c1. The van der Waals surface area contributed by atoms with Gasteiger partial charge in [-0.05, 0) is 71.2 Å². The molecule has 2 aromatic rings. The molecule has 1 amide bonds. The van der Waals surface area contributed by atoms with E-state index in [1.807, 2.05) is 26.0 Å². The van der Waals surface area contributed by atoms with Crippen molar-refractivity contribution in [3.63, 3.8) is 0 Å². The summed E-state index contributed by atoms with van der Waals surface area (Å²) in [6.07, 6.45) is 0. The number of carbonyl (C=O) groups excluding carboxylic acids is 1. The molecule has 0 heterocycles. The van der Waals surface area contributed by atoms with Crippen LogP contribution < -0.4 is 5.32 Å². The first-order valence-electron chi connectivity index (χ1n) is 5.84. The Hall–Kier alpha value is -1.26. The van der Waals surface area contributed by atoms with Gasteiger partial charge >= 0.3 is 0 Å². The highest BCUT2D eigenvalue weighted by Gasteiger charge is 2.10. The third kappa shape index (κ3) is 3.39. The highest BCUT2D eigenvalue weighted by molar-refractivity contribution is 9.10. The lowest BCUT2D eigenvalue weighted by Crippen LogP contribution is -2.13. The standard InChI is InChI=1S/C15H14BrNOS/c1-9-7-10(2)14(13(16)8-9)17-15(18)11-3-5-12(19)6-4-11/h3-8,19H,1-2H3,(H,17,18). The molecule has 0 saturated carbocycles. The molecule has 19 heavy (non-hydrogen) atoms. The summed E-state index contributed by atoms with van der Waals surface area (Å²) in [5.74, 6) is -0.124. The molecule has 0 fully saturated rings. The lowest BCUT2D eigenvalue weighted by Gasteiger charge is -2.12. The number of amides is 1. The van der Waals surface area contributed by atoms with Crippen LogP contribution in [0.5, 0.6) is 0 Å². The second kappa shape index (κ2) is 5.80. The molecule has 0 aliphatic rings. The van der Waals surface area contributed by atoms with Crippen LogP contribution in [0.2, 0.25) is 0 Å². The van der Waals surface area contributed by atoms with Crippen molar-refractivity contribution in [3.05, 3.63) is 57.6 Å². The Labute approximate surface area is 126 Å². The molecule has 0 aliphatic carbocycles. The molecule has 0 atom stereocenters. The van der Waals surface area contributed by atoms with E-state index in [1.165, 1.54) is 0 Å². The van der Waals surface area contributed by atoms with Gasteiger partial charge in [-0.1, -0.05) is 6.07 Å². The Morgan fingerprint density at radius 1 is 1.16 bits per heavy atom. The first-order valence-corrected chi connectivity index (χ1v) is 7.08. The van der Waals surface area contributed by atoms with Gasteiger partial charge in [0.05, 0.1) is 5.69 Å². The van der Waals surface area contributed by atoms with Gasteiger partial charge in [0.2, 0.25) is 0 Å². The summed E-state index contributed by atoms with van der Waals surface area (Å²) in [7, 11) is 0. The highest BCUT2D eigenvalue weighted by Crippen LogP contribution is 2.28. The Bertz CT molecular complexity index is 600. The lowest BCUT2D eigenvalue weighted by molar-refractivity contribution is 0.102. The zero-order valence-electron chi connectivity index (χ0n) is 10.7. The van der Waals surface area contributed by atoms with Gasteiger partial charge in [-0.3, -0.25) is 4.79 Å². The number of rotatable bonds is 2. The minimum absolute atomic E-state index is 0.124. The van der Waals surface area contributed by atoms with Crippen molar-refractivity contribution in [1.82, 2.24) is 0 Å². The van der Waals surface area contributed by atoms with Crippen LogP contribution in [-0.4, -0.2) is 5.91 Å². The van der Waals surface area contributed by atoms with E-state index in [0.717, 1.165) is 26.2 Å². The van der Waals surface area contributed by atoms with Crippen LogP contribution in [0.3, 0.4) is 0 Å². The van der Waals surface area contributed by atoms with Crippen LogP contribution in [0.15, 0.2) is 45.8 Å². The number of hydrogen-bond donors (Lipinski definition) is 2. The van der Waals surface area contributed by atoms with Gasteiger partial charge in [0.1, 0.15) is 0 Å². The van der Waals surface area contributed by atoms with Gasteiger partial charge in [-0.15, -0.1) is 12.6 Å². The van der Waals surface area contributed by atoms with E-state index >= 15 is 0 Å². The van der Waals surface area contributed by atoms with Crippen LogP contribution in [0.1, 0.15) is 21.5 Å². The average molecular weight is 336 g/mol. The van der Waals surface area contributed by atoms with Gasteiger partial charge in [-0.25, -0.2) is 0 Å². The van der Waals surface area contributed by atoms with Crippen molar-refractivity contribution in [1.29, 1.82) is 0 Å². The molecule has 2 aromatic carbocycles. The van der Waals surface area contributed by atoms with Crippen molar-refractivity contribution in [3.8, 4) is 0 Å². The normalized spacial score (nSPS) is 10.3. The van der Waals surface area contributed by atoms with Crippen molar-refractivity contribution in [2.24, 2.45) is 0 Å². The number of aryl methyl sites for hydroxylation is 2. The summed E-state index contributed by atoms with van der Waals surface area (Å²) >= 11 is 7.69. The third-order valence-electron chi connectivity index (χ3n) is 2.80. The molecule has 0 radical (unpaired) electrons. The second-order valence-electron chi connectivity index (χ2n) is 4.44. The number of anilines is 1. The number of halogens is 1. The molecular weight excluding hydrogens is 322 g/mol.